The number of methoxy groups -OCH3 is 1. The summed E-state index contributed by atoms with van der Waals surface area (Å²) in [5.41, 5.74) is 7.79. The summed E-state index contributed by atoms with van der Waals surface area (Å²) in [4.78, 5) is 7.30. The molecule has 2 saturated heterocycles. The molecule has 0 aromatic heterocycles. The van der Waals surface area contributed by atoms with Crippen LogP contribution in [0.1, 0.15) is 19.8 Å². The van der Waals surface area contributed by atoms with Crippen molar-refractivity contribution in [1.29, 1.82) is 0 Å². The summed E-state index contributed by atoms with van der Waals surface area (Å²) in [6.07, 6.45) is 2.33. The van der Waals surface area contributed by atoms with Gasteiger partial charge in [-0.05, 0) is 31.9 Å². The number of hydrogen-bond acceptors (Lipinski definition) is 5. The van der Waals surface area contributed by atoms with E-state index in [4.69, 9.17) is 10.5 Å². The van der Waals surface area contributed by atoms with Gasteiger partial charge in [-0.25, -0.2) is 4.39 Å². The monoisotopic (exact) mass is 350 g/mol. The van der Waals surface area contributed by atoms with Crippen LogP contribution in [0.2, 0.25) is 0 Å². The van der Waals surface area contributed by atoms with Crippen molar-refractivity contribution in [3.63, 3.8) is 0 Å². The molecule has 140 valence electrons. The molecule has 0 amide bonds. The second-order valence-corrected chi connectivity index (χ2v) is 7.22. The maximum Gasteiger partial charge on any atom is 0.143 e. The van der Waals surface area contributed by atoms with Gasteiger partial charge < -0.3 is 15.4 Å². The molecule has 0 bridgehead atoms. The highest BCUT2D eigenvalue weighted by molar-refractivity contribution is 5.62. The summed E-state index contributed by atoms with van der Waals surface area (Å²) in [6.45, 7) is 7.75. The van der Waals surface area contributed by atoms with Crippen LogP contribution in [0.4, 0.5) is 15.8 Å². The lowest BCUT2D eigenvalue weighted by atomic mass is 9.99. The molecular formula is C19H31FN4O. The molecule has 25 heavy (non-hydrogen) atoms. The van der Waals surface area contributed by atoms with Gasteiger partial charge in [0, 0.05) is 63.1 Å². The lowest BCUT2D eigenvalue weighted by Gasteiger charge is -2.46. The van der Waals surface area contributed by atoms with Gasteiger partial charge in [-0.3, -0.25) is 9.80 Å². The Kier molecular flexibility index (Phi) is 6.02. The molecule has 0 aliphatic carbocycles. The fourth-order valence-corrected chi connectivity index (χ4v) is 4.26. The number of piperazine rings is 1. The number of benzene rings is 1. The first-order chi connectivity index (χ1) is 12.1. The van der Waals surface area contributed by atoms with Crippen LogP contribution in [0.5, 0.6) is 5.75 Å². The highest BCUT2D eigenvalue weighted by Crippen LogP contribution is 2.30. The van der Waals surface area contributed by atoms with E-state index in [0.29, 0.717) is 24.3 Å². The van der Waals surface area contributed by atoms with Crippen molar-refractivity contribution in [3.8, 4) is 5.75 Å². The van der Waals surface area contributed by atoms with Crippen LogP contribution in [-0.2, 0) is 0 Å². The predicted molar refractivity (Wildman–Crippen MR) is 101 cm³/mol. The summed E-state index contributed by atoms with van der Waals surface area (Å²) in [7, 11) is 1.66. The van der Waals surface area contributed by atoms with E-state index in [2.05, 4.69) is 27.7 Å². The fraction of sp³-hybridized carbons (Fsp3) is 0.684. The Balaban J connectivity index is 1.55. The van der Waals surface area contributed by atoms with Gasteiger partial charge in [-0.1, -0.05) is 0 Å². The molecule has 2 N–H and O–H groups in total. The number of nitrogens with two attached hydrogens (primary N) is 1. The van der Waals surface area contributed by atoms with E-state index in [9.17, 15) is 4.39 Å². The normalized spacial score (nSPS) is 23.8. The number of anilines is 2. The second-order valence-electron chi connectivity index (χ2n) is 7.22. The molecule has 0 saturated carbocycles. The Morgan fingerprint density at radius 2 is 1.96 bits per heavy atom. The van der Waals surface area contributed by atoms with E-state index in [1.165, 1.54) is 18.5 Å². The number of alkyl halides is 1. The molecule has 2 aliphatic heterocycles. The number of ether oxygens (including phenoxy) is 1. The largest absolute Gasteiger partial charge is 0.495 e. The minimum absolute atomic E-state index is 0.240. The second kappa shape index (κ2) is 8.23. The van der Waals surface area contributed by atoms with Gasteiger partial charge in [0.05, 0.1) is 12.8 Å². The molecule has 1 aromatic rings. The van der Waals surface area contributed by atoms with Crippen molar-refractivity contribution in [2.45, 2.75) is 31.8 Å². The molecule has 0 unspecified atom stereocenters. The van der Waals surface area contributed by atoms with Crippen LogP contribution < -0.4 is 15.4 Å². The smallest absolute Gasteiger partial charge is 0.143 e. The molecule has 2 fully saturated rings. The zero-order chi connectivity index (χ0) is 17.8. The number of nitrogens with zero attached hydrogens (tertiary/aromatic N) is 3. The average Bonchev–Trinajstić information content (AvgIpc) is 2.63. The first-order valence-corrected chi connectivity index (χ1v) is 9.35. The molecule has 2 aliphatic rings. The number of rotatable bonds is 5. The fourth-order valence-electron chi connectivity index (χ4n) is 4.26. The lowest BCUT2D eigenvalue weighted by molar-refractivity contribution is 0.0378. The quantitative estimate of drug-likeness (QED) is 0.825. The molecule has 6 heteroatoms. The van der Waals surface area contributed by atoms with E-state index in [0.717, 1.165) is 38.5 Å². The zero-order valence-electron chi connectivity index (χ0n) is 15.5. The minimum atomic E-state index is -0.240. The third kappa shape index (κ3) is 4.18. The molecular weight excluding hydrogens is 319 g/mol. The number of nitrogen functional groups attached to an aromatic ring is 1. The van der Waals surface area contributed by atoms with Crippen molar-refractivity contribution < 1.29 is 9.13 Å². The van der Waals surface area contributed by atoms with Crippen molar-refractivity contribution in [2.24, 2.45) is 0 Å². The summed E-state index contributed by atoms with van der Waals surface area (Å²) < 4.78 is 17.9. The Morgan fingerprint density at radius 3 is 2.60 bits per heavy atom. The van der Waals surface area contributed by atoms with Crippen LogP contribution in [0, 0.1) is 0 Å². The molecule has 1 aromatic carbocycles. The predicted octanol–water partition coefficient (Wildman–Crippen LogP) is 2.22. The first-order valence-electron chi connectivity index (χ1n) is 9.35. The number of piperidine rings is 1. The van der Waals surface area contributed by atoms with Gasteiger partial charge in [-0.2, -0.15) is 0 Å². The maximum atomic E-state index is 12.6. The van der Waals surface area contributed by atoms with Gasteiger partial charge in [0.15, 0.2) is 0 Å². The van der Waals surface area contributed by atoms with Gasteiger partial charge in [-0.15, -0.1) is 0 Å². The number of hydrogen-bond donors (Lipinski definition) is 1. The Morgan fingerprint density at radius 1 is 1.20 bits per heavy atom. The van der Waals surface area contributed by atoms with Gasteiger partial charge in [0.1, 0.15) is 12.4 Å². The molecule has 3 rings (SSSR count). The van der Waals surface area contributed by atoms with Crippen molar-refractivity contribution in [3.05, 3.63) is 18.2 Å². The highest BCUT2D eigenvalue weighted by Gasteiger charge is 2.31. The van der Waals surface area contributed by atoms with Crippen molar-refractivity contribution in [1.82, 2.24) is 9.80 Å². The Hall–Kier alpha value is -1.53. The summed E-state index contributed by atoms with van der Waals surface area (Å²) in [5, 5.41) is 0. The lowest BCUT2D eigenvalue weighted by Crippen LogP contribution is -2.57. The third-order valence-electron chi connectivity index (χ3n) is 5.68. The zero-order valence-corrected chi connectivity index (χ0v) is 15.5. The van der Waals surface area contributed by atoms with E-state index in [-0.39, 0.29) is 6.67 Å². The van der Waals surface area contributed by atoms with Crippen LogP contribution in [-0.4, -0.2) is 74.9 Å². The first kappa shape index (κ1) is 18.3. The Labute approximate surface area is 150 Å². The van der Waals surface area contributed by atoms with Gasteiger partial charge in [0.25, 0.3) is 0 Å². The summed E-state index contributed by atoms with van der Waals surface area (Å²) >= 11 is 0. The van der Waals surface area contributed by atoms with E-state index in [1.54, 1.807) is 7.11 Å². The van der Waals surface area contributed by atoms with Crippen LogP contribution in [0.3, 0.4) is 0 Å². The van der Waals surface area contributed by atoms with Crippen LogP contribution in [0.25, 0.3) is 0 Å². The SMILES string of the molecule is COc1cc(N2CCC(N3CCN(CCF)C[C@@H]3C)CC2)ccc1N. The molecule has 1 atom stereocenters. The van der Waals surface area contributed by atoms with Crippen LogP contribution >= 0.6 is 0 Å². The van der Waals surface area contributed by atoms with E-state index in [1.807, 2.05) is 12.1 Å². The topological polar surface area (TPSA) is 45.0 Å². The highest BCUT2D eigenvalue weighted by atomic mass is 19.1. The molecule has 0 spiro atoms. The number of halogens is 1. The molecule has 5 nitrogen and oxygen atoms in total. The van der Waals surface area contributed by atoms with E-state index >= 15 is 0 Å². The van der Waals surface area contributed by atoms with Gasteiger partial charge >= 0.3 is 0 Å². The average molecular weight is 350 g/mol. The van der Waals surface area contributed by atoms with Crippen molar-refractivity contribution in [2.75, 3.05) is 63.7 Å². The maximum absolute atomic E-state index is 12.6. The summed E-state index contributed by atoms with van der Waals surface area (Å²) in [5.74, 6) is 0.747. The van der Waals surface area contributed by atoms with Gasteiger partial charge in [0.2, 0.25) is 0 Å². The third-order valence-corrected chi connectivity index (χ3v) is 5.68. The van der Waals surface area contributed by atoms with Crippen molar-refractivity contribution >= 4 is 11.4 Å². The van der Waals surface area contributed by atoms with E-state index < -0.39 is 0 Å². The van der Waals surface area contributed by atoms with Crippen LogP contribution in [0.15, 0.2) is 18.2 Å². The Bertz CT molecular complexity index is 562. The molecule has 0 radical (unpaired) electrons. The summed E-state index contributed by atoms with van der Waals surface area (Å²) in [6, 6.07) is 7.18. The minimum Gasteiger partial charge on any atom is -0.495 e. The standard InChI is InChI=1S/C19H31FN4O/c1-15-14-22(10-7-20)11-12-24(15)16-5-8-23(9-6-16)17-3-4-18(21)19(13-17)25-2/h3-4,13,15-16H,5-12,14,21H2,1-2H3/t15-/m0/s1. The molecule has 2 heterocycles.